The van der Waals surface area contributed by atoms with Crippen LogP contribution < -0.4 is 9.64 Å². The summed E-state index contributed by atoms with van der Waals surface area (Å²) in [5.74, 6) is 0.671. The molecule has 0 aromatic heterocycles. The van der Waals surface area contributed by atoms with Gasteiger partial charge in [0.05, 0.1) is 6.54 Å². The summed E-state index contributed by atoms with van der Waals surface area (Å²) in [7, 11) is 0. The van der Waals surface area contributed by atoms with E-state index in [2.05, 4.69) is 0 Å². The molecule has 1 aliphatic rings. The van der Waals surface area contributed by atoms with Gasteiger partial charge in [0.25, 0.3) is 5.91 Å². The van der Waals surface area contributed by atoms with Crippen LogP contribution >= 0.6 is 11.8 Å². The number of ether oxygens (including phenoxy) is 1. The van der Waals surface area contributed by atoms with Gasteiger partial charge in [-0.15, -0.1) is 11.8 Å². The SMILES string of the molecule is CSc1ccc(N2CC(=O)N(Cc3cc(C)c(OC(C)(C)C)c(C)c3)C2=O)cc1. The fraction of sp³-hybridized carbons (Fsp3) is 0.391. The molecule has 5 nitrogen and oxygen atoms in total. The molecule has 0 bridgehead atoms. The number of amides is 3. The van der Waals surface area contributed by atoms with Gasteiger partial charge in [0.2, 0.25) is 0 Å². The molecule has 0 atom stereocenters. The highest BCUT2D eigenvalue weighted by atomic mass is 32.2. The van der Waals surface area contributed by atoms with Crippen molar-refractivity contribution in [2.45, 2.75) is 51.7 Å². The number of anilines is 1. The smallest absolute Gasteiger partial charge is 0.332 e. The molecule has 1 saturated heterocycles. The molecular weight excluding hydrogens is 384 g/mol. The Morgan fingerprint density at radius 2 is 1.62 bits per heavy atom. The summed E-state index contributed by atoms with van der Waals surface area (Å²) in [6.07, 6.45) is 2.00. The van der Waals surface area contributed by atoms with Crippen LogP contribution in [-0.4, -0.2) is 35.2 Å². The highest BCUT2D eigenvalue weighted by Crippen LogP contribution is 2.30. The molecule has 0 N–H and O–H groups in total. The number of thioether (sulfide) groups is 1. The minimum Gasteiger partial charge on any atom is -0.488 e. The van der Waals surface area contributed by atoms with Crippen molar-refractivity contribution in [1.82, 2.24) is 4.90 Å². The average molecular weight is 413 g/mol. The monoisotopic (exact) mass is 412 g/mol. The van der Waals surface area contributed by atoms with Crippen LogP contribution in [0.15, 0.2) is 41.3 Å². The van der Waals surface area contributed by atoms with Crippen LogP contribution in [0.2, 0.25) is 0 Å². The summed E-state index contributed by atoms with van der Waals surface area (Å²) in [5.41, 5.74) is 3.37. The van der Waals surface area contributed by atoms with E-state index in [0.29, 0.717) is 0 Å². The number of benzene rings is 2. The first kappa shape index (κ1) is 21.2. The van der Waals surface area contributed by atoms with Gasteiger partial charge in [-0.25, -0.2) is 4.79 Å². The number of nitrogens with zero attached hydrogens (tertiary/aromatic N) is 2. The highest BCUT2D eigenvalue weighted by Gasteiger charge is 2.37. The number of hydrogen-bond acceptors (Lipinski definition) is 4. The van der Waals surface area contributed by atoms with E-state index >= 15 is 0 Å². The van der Waals surface area contributed by atoms with Gasteiger partial charge in [0.15, 0.2) is 0 Å². The number of imide groups is 1. The molecule has 6 heteroatoms. The lowest BCUT2D eigenvalue weighted by Gasteiger charge is -2.25. The molecule has 3 rings (SSSR count). The summed E-state index contributed by atoms with van der Waals surface area (Å²) >= 11 is 1.64. The largest absolute Gasteiger partial charge is 0.488 e. The number of hydrogen-bond donors (Lipinski definition) is 0. The first-order valence-electron chi connectivity index (χ1n) is 9.64. The van der Waals surface area contributed by atoms with Crippen molar-refractivity contribution < 1.29 is 14.3 Å². The Balaban J connectivity index is 1.79. The van der Waals surface area contributed by atoms with Crippen molar-refractivity contribution in [2.24, 2.45) is 0 Å². The first-order valence-corrected chi connectivity index (χ1v) is 10.9. The Hall–Kier alpha value is -2.47. The predicted octanol–water partition coefficient (Wildman–Crippen LogP) is 5.17. The number of rotatable bonds is 5. The third-order valence-corrected chi connectivity index (χ3v) is 5.45. The van der Waals surface area contributed by atoms with Gasteiger partial charge in [0.1, 0.15) is 17.9 Å². The second kappa shape index (κ2) is 8.11. The standard InChI is InChI=1S/C23H28N2O3S/c1-15-11-17(12-16(2)21(15)28-23(3,4)5)13-25-20(26)14-24(22(25)27)18-7-9-19(29-6)10-8-18/h7-12H,13-14H2,1-6H3. The minimum absolute atomic E-state index is 0.0701. The summed E-state index contributed by atoms with van der Waals surface area (Å²) in [6.45, 7) is 10.4. The fourth-order valence-corrected chi connectivity index (χ4v) is 3.85. The lowest BCUT2D eigenvalue weighted by atomic mass is 10.0. The van der Waals surface area contributed by atoms with Crippen LogP contribution in [0.4, 0.5) is 10.5 Å². The molecule has 0 radical (unpaired) electrons. The average Bonchev–Trinajstić information content (AvgIpc) is 2.92. The summed E-state index contributed by atoms with van der Waals surface area (Å²) in [4.78, 5) is 29.4. The summed E-state index contributed by atoms with van der Waals surface area (Å²) in [5, 5.41) is 0. The molecule has 0 aliphatic carbocycles. The van der Waals surface area contributed by atoms with E-state index in [1.165, 1.54) is 9.80 Å². The minimum atomic E-state index is -0.287. The third-order valence-electron chi connectivity index (χ3n) is 4.71. The normalized spacial score (nSPS) is 14.7. The Morgan fingerprint density at radius 3 is 2.14 bits per heavy atom. The molecule has 0 saturated carbocycles. The lowest BCUT2D eigenvalue weighted by Crippen LogP contribution is -2.32. The molecule has 29 heavy (non-hydrogen) atoms. The van der Waals surface area contributed by atoms with Crippen LogP contribution in [0.5, 0.6) is 5.75 Å². The summed E-state index contributed by atoms with van der Waals surface area (Å²) in [6, 6.07) is 11.4. The van der Waals surface area contributed by atoms with E-state index in [9.17, 15) is 9.59 Å². The van der Waals surface area contributed by atoms with Gasteiger partial charge >= 0.3 is 6.03 Å². The van der Waals surface area contributed by atoms with Crippen molar-refractivity contribution in [3.63, 3.8) is 0 Å². The quantitative estimate of drug-likeness (QED) is 0.502. The van der Waals surface area contributed by atoms with Crippen LogP contribution in [0.3, 0.4) is 0 Å². The molecule has 1 fully saturated rings. The molecule has 1 heterocycles. The van der Waals surface area contributed by atoms with Gasteiger partial charge in [-0.05, 0) is 81.8 Å². The van der Waals surface area contributed by atoms with Gasteiger partial charge in [-0.3, -0.25) is 14.6 Å². The Bertz CT molecular complexity index is 909. The molecule has 1 aliphatic heterocycles. The number of carbonyl (C=O) groups is 2. The Kier molecular flexibility index (Phi) is 5.94. The van der Waals surface area contributed by atoms with Crippen molar-refractivity contribution in [2.75, 3.05) is 17.7 Å². The third kappa shape index (κ3) is 4.75. The maximum absolute atomic E-state index is 12.9. The topological polar surface area (TPSA) is 49.9 Å². The Morgan fingerprint density at radius 1 is 1.03 bits per heavy atom. The van der Waals surface area contributed by atoms with Crippen molar-refractivity contribution in [3.05, 3.63) is 53.1 Å². The van der Waals surface area contributed by atoms with E-state index < -0.39 is 0 Å². The van der Waals surface area contributed by atoms with Crippen molar-refractivity contribution >= 4 is 29.4 Å². The lowest BCUT2D eigenvalue weighted by molar-refractivity contribution is -0.125. The molecule has 0 spiro atoms. The van der Waals surface area contributed by atoms with Crippen LogP contribution in [0.25, 0.3) is 0 Å². The van der Waals surface area contributed by atoms with Gasteiger partial charge < -0.3 is 4.74 Å². The summed E-state index contributed by atoms with van der Waals surface area (Å²) < 4.78 is 6.07. The zero-order valence-electron chi connectivity index (χ0n) is 17.9. The number of urea groups is 1. The molecular formula is C23H28N2O3S. The van der Waals surface area contributed by atoms with Crippen LogP contribution in [0.1, 0.15) is 37.5 Å². The molecule has 0 unspecified atom stereocenters. The number of aryl methyl sites for hydroxylation is 2. The molecule has 2 aromatic rings. The van der Waals surface area contributed by atoms with E-state index in [1.807, 2.05) is 77.3 Å². The van der Waals surface area contributed by atoms with Crippen molar-refractivity contribution in [1.29, 1.82) is 0 Å². The van der Waals surface area contributed by atoms with E-state index in [-0.39, 0.29) is 30.6 Å². The molecule has 2 aromatic carbocycles. The highest BCUT2D eigenvalue weighted by molar-refractivity contribution is 7.98. The first-order chi connectivity index (χ1) is 13.6. The van der Waals surface area contributed by atoms with Crippen molar-refractivity contribution in [3.8, 4) is 5.75 Å². The van der Waals surface area contributed by atoms with Gasteiger partial charge in [-0.1, -0.05) is 12.1 Å². The van der Waals surface area contributed by atoms with E-state index in [1.54, 1.807) is 11.8 Å². The predicted molar refractivity (Wildman–Crippen MR) is 118 cm³/mol. The van der Waals surface area contributed by atoms with Gasteiger partial charge in [0, 0.05) is 10.6 Å². The van der Waals surface area contributed by atoms with E-state index in [4.69, 9.17) is 4.74 Å². The second-order valence-electron chi connectivity index (χ2n) is 8.32. The molecule has 154 valence electrons. The molecule has 3 amide bonds. The fourth-order valence-electron chi connectivity index (χ4n) is 3.44. The van der Waals surface area contributed by atoms with E-state index in [0.717, 1.165) is 33.0 Å². The number of carbonyl (C=O) groups excluding carboxylic acids is 2. The maximum atomic E-state index is 12.9. The van der Waals surface area contributed by atoms with Gasteiger partial charge in [-0.2, -0.15) is 0 Å². The second-order valence-corrected chi connectivity index (χ2v) is 9.20. The van der Waals surface area contributed by atoms with Crippen LogP contribution in [-0.2, 0) is 11.3 Å². The van der Waals surface area contributed by atoms with Crippen LogP contribution in [0, 0.1) is 13.8 Å². The zero-order chi connectivity index (χ0) is 21.3. The maximum Gasteiger partial charge on any atom is 0.332 e. The zero-order valence-corrected chi connectivity index (χ0v) is 18.7. The Labute approximate surface area is 177 Å².